The van der Waals surface area contributed by atoms with Crippen molar-refractivity contribution in [2.75, 3.05) is 5.73 Å². The summed E-state index contributed by atoms with van der Waals surface area (Å²) in [6, 6.07) is 3.05. The number of rotatable bonds is 3. The van der Waals surface area contributed by atoms with Gasteiger partial charge in [0, 0.05) is 0 Å². The summed E-state index contributed by atoms with van der Waals surface area (Å²) in [7, 11) is 0. The molecule has 2 rings (SSSR count). The van der Waals surface area contributed by atoms with Crippen molar-refractivity contribution in [1.29, 1.82) is 0 Å². The lowest BCUT2D eigenvalue weighted by atomic mass is 10.3. The minimum absolute atomic E-state index is 0.163. The van der Waals surface area contributed by atoms with Gasteiger partial charge >= 0.3 is 0 Å². The molecule has 16 heavy (non-hydrogen) atoms. The minimum atomic E-state index is -0.598. The number of aromatic amines is 1. The molecule has 2 aromatic heterocycles. The van der Waals surface area contributed by atoms with Crippen molar-refractivity contribution in [3.63, 3.8) is 0 Å². The van der Waals surface area contributed by atoms with Crippen LogP contribution >= 0.6 is 11.8 Å². The van der Waals surface area contributed by atoms with Crippen LogP contribution in [-0.2, 0) is 0 Å². The Labute approximate surface area is 94.7 Å². The fourth-order valence-electron chi connectivity index (χ4n) is 1.01. The Bertz CT molecular complexity index is 511. The smallest absolute Gasteiger partial charge is 0.267 e. The number of nitrogens with zero attached hydrogens (tertiary/aromatic N) is 3. The second-order valence-electron chi connectivity index (χ2n) is 2.85. The molecule has 0 saturated heterocycles. The van der Waals surface area contributed by atoms with Gasteiger partial charge in [0.05, 0.1) is 5.69 Å². The SMILES string of the molecule is NC(=O)c1ccc(N)c(Sc2ncn[nH]2)n1. The fraction of sp³-hybridized carbons (Fsp3) is 0. The molecule has 0 unspecified atom stereocenters. The number of primary amides is 1. The number of nitrogens with one attached hydrogen (secondary N) is 1. The van der Waals surface area contributed by atoms with Gasteiger partial charge in [-0.15, -0.1) is 0 Å². The van der Waals surface area contributed by atoms with E-state index in [0.717, 1.165) is 0 Å². The molecule has 5 N–H and O–H groups in total. The number of carbonyl (C=O) groups is 1. The zero-order chi connectivity index (χ0) is 11.5. The highest BCUT2D eigenvalue weighted by Gasteiger charge is 2.09. The van der Waals surface area contributed by atoms with Gasteiger partial charge in [-0.25, -0.2) is 9.97 Å². The van der Waals surface area contributed by atoms with Gasteiger partial charge in [-0.2, -0.15) is 5.10 Å². The van der Waals surface area contributed by atoms with E-state index in [1.165, 1.54) is 24.2 Å². The molecule has 0 radical (unpaired) electrons. The molecule has 0 fully saturated rings. The second kappa shape index (κ2) is 4.19. The maximum absolute atomic E-state index is 10.9. The Morgan fingerprint density at radius 3 is 2.88 bits per heavy atom. The van der Waals surface area contributed by atoms with Crippen LogP contribution in [0.4, 0.5) is 5.69 Å². The summed E-state index contributed by atoms with van der Waals surface area (Å²) in [6.07, 6.45) is 1.37. The summed E-state index contributed by atoms with van der Waals surface area (Å²) in [4.78, 5) is 18.9. The van der Waals surface area contributed by atoms with Crippen molar-refractivity contribution < 1.29 is 4.79 Å². The van der Waals surface area contributed by atoms with Crippen molar-refractivity contribution in [3.05, 3.63) is 24.2 Å². The number of amides is 1. The first-order valence-electron chi connectivity index (χ1n) is 4.26. The van der Waals surface area contributed by atoms with E-state index >= 15 is 0 Å². The molecule has 0 aliphatic rings. The van der Waals surface area contributed by atoms with Crippen LogP contribution in [0.3, 0.4) is 0 Å². The van der Waals surface area contributed by atoms with Crippen molar-refractivity contribution in [3.8, 4) is 0 Å². The van der Waals surface area contributed by atoms with E-state index in [4.69, 9.17) is 11.5 Å². The van der Waals surface area contributed by atoms with Gasteiger partial charge in [0.15, 0.2) is 5.16 Å². The Hall–Kier alpha value is -2.09. The summed E-state index contributed by atoms with van der Waals surface area (Å²) in [5, 5.41) is 7.35. The molecular weight excluding hydrogens is 228 g/mol. The normalized spacial score (nSPS) is 10.2. The van der Waals surface area contributed by atoms with Crippen molar-refractivity contribution in [2.45, 2.75) is 10.2 Å². The number of nitrogens with two attached hydrogens (primary N) is 2. The Balaban J connectivity index is 2.32. The summed E-state index contributed by atoms with van der Waals surface area (Å²) in [5.41, 5.74) is 11.4. The van der Waals surface area contributed by atoms with Crippen LogP contribution in [0.1, 0.15) is 10.5 Å². The number of pyridine rings is 1. The van der Waals surface area contributed by atoms with E-state index in [-0.39, 0.29) is 5.69 Å². The first-order chi connectivity index (χ1) is 7.66. The molecule has 2 heterocycles. The van der Waals surface area contributed by atoms with E-state index in [2.05, 4.69) is 20.2 Å². The summed E-state index contributed by atoms with van der Waals surface area (Å²) in [6.45, 7) is 0. The number of hydrogen-bond acceptors (Lipinski definition) is 6. The maximum atomic E-state index is 10.9. The third-order valence-corrected chi connectivity index (χ3v) is 2.64. The third kappa shape index (κ3) is 2.11. The van der Waals surface area contributed by atoms with Gasteiger partial charge in [-0.05, 0) is 23.9 Å². The number of nitrogen functional groups attached to an aromatic ring is 1. The predicted molar refractivity (Wildman–Crippen MR) is 57.7 cm³/mol. The van der Waals surface area contributed by atoms with Crippen LogP contribution in [0.5, 0.6) is 0 Å². The second-order valence-corrected chi connectivity index (χ2v) is 3.83. The van der Waals surface area contributed by atoms with E-state index in [0.29, 0.717) is 15.9 Å². The van der Waals surface area contributed by atoms with Crippen LogP contribution in [0, 0.1) is 0 Å². The summed E-state index contributed by atoms with van der Waals surface area (Å²) < 4.78 is 0. The summed E-state index contributed by atoms with van der Waals surface area (Å²) >= 11 is 1.18. The maximum Gasteiger partial charge on any atom is 0.267 e. The lowest BCUT2D eigenvalue weighted by Crippen LogP contribution is -2.13. The molecule has 7 nitrogen and oxygen atoms in total. The van der Waals surface area contributed by atoms with Gasteiger partial charge in [0.2, 0.25) is 0 Å². The van der Waals surface area contributed by atoms with Crippen molar-refractivity contribution in [2.24, 2.45) is 5.73 Å². The van der Waals surface area contributed by atoms with Crippen LogP contribution in [-0.4, -0.2) is 26.1 Å². The van der Waals surface area contributed by atoms with E-state index in [1.54, 1.807) is 6.07 Å². The topological polar surface area (TPSA) is 124 Å². The highest BCUT2D eigenvalue weighted by molar-refractivity contribution is 7.99. The van der Waals surface area contributed by atoms with E-state index < -0.39 is 5.91 Å². The quantitative estimate of drug-likeness (QED) is 0.690. The molecule has 0 aliphatic heterocycles. The standard InChI is InChI=1S/C8H8N6OS/c9-4-1-2-5(6(10)15)13-7(4)16-8-11-3-12-14-8/h1-3H,9H2,(H2,10,15)(H,11,12,14). The first kappa shape index (κ1) is 10.4. The van der Waals surface area contributed by atoms with E-state index in [1.807, 2.05) is 0 Å². The molecular formula is C8H8N6OS. The summed E-state index contributed by atoms with van der Waals surface area (Å²) in [5.74, 6) is -0.598. The zero-order valence-electron chi connectivity index (χ0n) is 8.04. The lowest BCUT2D eigenvalue weighted by molar-refractivity contribution is 0.0995. The van der Waals surface area contributed by atoms with Gasteiger partial charge in [-0.3, -0.25) is 9.89 Å². The Morgan fingerprint density at radius 1 is 1.44 bits per heavy atom. The van der Waals surface area contributed by atoms with Gasteiger partial charge in [-0.1, -0.05) is 0 Å². The average Bonchev–Trinajstić information content (AvgIpc) is 2.73. The molecule has 0 saturated carbocycles. The lowest BCUT2D eigenvalue weighted by Gasteiger charge is -2.03. The number of aromatic nitrogens is 4. The largest absolute Gasteiger partial charge is 0.397 e. The zero-order valence-corrected chi connectivity index (χ0v) is 8.86. The van der Waals surface area contributed by atoms with Crippen molar-refractivity contribution in [1.82, 2.24) is 20.2 Å². The molecule has 2 aromatic rings. The van der Waals surface area contributed by atoms with Crippen LogP contribution in [0.15, 0.2) is 28.6 Å². The molecule has 0 aliphatic carbocycles. The molecule has 8 heteroatoms. The molecule has 0 aromatic carbocycles. The molecule has 0 spiro atoms. The van der Waals surface area contributed by atoms with Gasteiger partial charge < -0.3 is 11.5 Å². The highest BCUT2D eigenvalue weighted by atomic mass is 32.2. The van der Waals surface area contributed by atoms with E-state index in [9.17, 15) is 4.79 Å². The highest BCUT2D eigenvalue weighted by Crippen LogP contribution is 2.27. The third-order valence-electron chi connectivity index (χ3n) is 1.73. The van der Waals surface area contributed by atoms with Crippen LogP contribution in [0.2, 0.25) is 0 Å². The average molecular weight is 236 g/mol. The molecule has 1 amide bonds. The number of anilines is 1. The van der Waals surface area contributed by atoms with Gasteiger partial charge in [0.1, 0.15) is 17.0 Å². The number of carbonyl (C=O) groups excluding carboxylic acids is 1. The Kier molecular flexibility index (Phi) is 2.73. The van der Waals surface area contributed by atoms with Crippen LogP contribution < -0.4 is 11.5 Å². The first-order valence-corrected chi connectivity index (χ1v) is 5.08. The fourth-order valence-corrected chi connectivity index (χ4v) is 1.72. The van der Waals surface area contributed by atoms with Gasteiger partial charge in [0.25, 0.3) is 5.91 Å². The monoisotopic (exact) mass is 236 g/mol. The number of hydrogen-bond donors (Lipinski definition) is 3. The van der Waals surface area contributed by atoms with Crippen LogP contribution in [0.25, 0.3) is 0 Å². The molecule has 82 valence electrons. The number of H-pyrrole nitrogens is 1. The minimum Gasteiger partial charge on any atom is -0.397 e. The van der Waals surface area contributed by atoms with Crippen molar-refractivity contribution >= 4 is 23.4 Å². The molecule has 0 bridgehead atoms. The predicted octanol–water partition coefficient (Wildman–Crippen LogP) is 0.0320. The Morgan fingerprint density at radius 2 is 2.25 bits per heavy atom. The molecule has 0 atom stereocenters.